The van der Waals surface area contributed by atoms with E-state index in [1.165, 1.54) is 0 Å². The summed E-state index contributed by atoms with van der Waals surface area (Å²) in [5.74, 6) is 1.05. The Labute approximate surface area is 180 Å². The van der Waals surface area contributed by atoms with Crippen LogP contribution in [0.15, 0.2) is 42.5 Å². The molecule has 0 unspecified atom stereocenters. The van der Waals surface area contributed by atoms with Crippen molar-refractivity contribution in [1.29, 1.82) is 0 Å². The van der Waals surface area contributed by atoms with Gasteiger partial charge in [0, 0.05) is 17.8 Å². The quantitative estimate of drug-likeness (QED) is 0.737. The number of carbonyl (C=O) groups is 2. The monoisotopic (exact) mass is 426 g/mol. The van der Waals surface area contributed by atoms with Crippen LogP contribution in [0.5, 0.6) is 11.5 Å². The average Bonchev–Trinajstić information content (AvgIpc) is 3.23. The second kappa shape index (κ2) is 8.95. The van der Waals surface area contributed by atoms with Gasteiger partial charge in [0.15, 0.2) is 11.5 Å². The van der Waals surface area contributed by atoms with Gasteiger partial charge in [0.1, 0.15) is 12.7 Å². The van der Waals surface area contributed by atoms with Crippen molar-refractivity contribution in [2.45, 2.75) is 26.0 Å². The van der Waals surface area contributed by atoms with Gasteiger partial charge in [0.25, 0.3) is 5.91 Å². The fourth-order valence-electron chi connectivity index (χ4n) is 3.74. The zero-order chi connectivity index (χ0) is 22.0. The highest BCUT2D eigenvalue weighted by molar-refractivity contribution is 6.04. The third-order valence-corrected chi connectivity index (χ3v) is 5.31. The molecule has 2 aliphatic rings. The van der Waals surface area contributed by atoms with Gasteiger partial charge >= 0.3 is 0 Å². The van der Waals surface area contributed by atoms with Gasteiger partial charge in [-0.05, 0) is 41.8 Å². The fraction of sp³-hybridized carbons (Fsp3) is 0.391. The average molecular weight is 426 g/mol. The minimum Gasteiger partial charge on any atom is -0.454 e. The smallest absolute Gasteiger partial charge is 0.255 e. The zero-order valence-corrected chi connectivity index (χ0v) is 17.5. The lowest BCUT2D eigenvalue weighted by atomic mass is 9.99. The predicted molar refractivity (Wildman–Crippen MR) is 113 cm³/mol. The maximum atomic E-state index is 12.5. The van der Waals surface area contributed by atoms with Crippen molar-refractivity contribution >= 4 is 17.5 Å². The van der Waals surface area contributed by atoms with Gasteiger partial charge in [-0.1, -0.05) is 26.0 Å². The molecule has 2 atom stereocenters. The molecule has 1 fully saturated rings. The van der Waals surface area contributed by atoms with E-state index >= 15 is 0 Å². The summed E-state index contributed by atoms with van der Waals surface area (Å²) in [7, 11) is 0. The highest BCUT2D eigenvalue weighted by Crippen LogP contribution is 2.33. The van der Waals surface area contributed by atoms with E-state index < -0.39 is 12.1 Å². The van der Waals surface area contributed by atoms with Crippen LogP contribution >= 0.6 is 0 Å². The van der Waals surface area contributed by atoms with E-state index in [0.29, 0.717) is 34.9 Å². The Balaban J connectivity index is 1.43. The summed E-state index contributed by atoms with van der Waals surface area (Å²) in [5, 5.41) is 13.7. The molecule has 0 radical (unpaired) electrons. The summed E-state index contributed by atoms with van der Waals surface area (Å²) in [6.07, 6.45) is -0.887. The molecule has 1 saturated heterocycles. The number of aliphatic hydroxyl groups is 1. The van der Waals surface area contributed by atoms with Crippen LogP contribution in [0.3, 0.4) is 0 Å². The van der Waals surface area contributed by atoms with Gasteiger partial charge in [-0.25, -0.2) is 0 Å². The van der Waals surface area contributed by atoms with Gasteiger partial charge in [-0.3, -0.25) is 9.59 Å². The van der Waals surface area contributed by atoms with Crippen LogP contribution in [0.1, 0.15) is 35.9 Å². The largest absolute Gasteiger partial charge is 0.454 e. The molecule has 8 heteroatoms. The van der Waals surface area contributed by atoms with Crippen LogP contribution in [0.25, 0.3) is 0 Å². The van der Waals surface area contributed by atoms with Crippen molar-refractivity contribution in [3.05, 3.63) is 53.6 Å². The van der Waals surface area contributed by atoms with Crippen molar-refractivity contribution in [2.24, 2.45) is 5.92 Å². The van der Waals surface area contributed by atoms with Gasteiger partial charge in [0.05, 0.1) is 12.6 Å². The SMILES string of the molecule is CC(C)CN1C(=O)COC[C@@H]1[C@H](O)c1ccc(NC(=O)c2ccc3c(c2)OCO3)cc1. The van der Waals surface area contributed by atoms with E-state index in [0.717, 1.165) is 0 Å². The van der Waals surface area contributed by atoms with Gasteiger partial charge in [-0.2, -0.15) is 0 Å². The Kier molecular flexibility index (Phi) is 6.11. The molecule has 0 bridgehead atoms. The Hall–Kier alpha value is -3.10. The van der Waals surface area contributed by atoms with Gasteiger partial charge < -0.3 is 29.5 Å². The lowest BCUT2D eigenvalue weighted by Gasteiger charge is -2.39. The van der Waals surface area contributed by atoms with Crippen LogP contribution in [-0.4, -0.2) is 54.4 Å². The molecule has 0 spiro atoms. The van der Waals surface area contributed by atoms with Crippen molar-refractivity contribution in [3.63, 3.8) is 0 Å². The number of carbonyl (C=O) groups excluding carboxylic acids is 2. The molecule has 0 aromatic heterocycles. The molecule has 2 aliphatic heterocycles. The number of amides is 2. The minimum absolute atomic E-state index is 0.0424. The predicted octanol–water partition coefficient (Wildman–Crippen LogP) is 2.58. The molecule has 8 nitrogen and oxygen atoms in total. The fourth-order valence-corrected chi connectivity index (χ4v) is 3.74. The highest BCUT2D eigenvalue weighted by Gasteiger charge is 2.34. The molecule has 2 N–H and O–H groups in total. The Morgan fingerprint density at radius 2 is 1.90 bits per heavy atom. The standard InChI is InChI=1S/C23H26N2O6/c1-14(2)10-25-18(11-29-12-21(25)26)22(27)15-3-6-17(7-4-15)24-23(28)16-5-8-19-20(9-16)31-13-30-19/h3-9,14,18,22,27H,10-13H2,1-2H3,(H,24,28)/t18-,22-/m1/s1. The van der Waals surface area contributed by atoms with Crippen LogP contribution in [0, 0.1) is 5.92 Å². The van der Waals surface area contributed by atoms with E-state index in [1.54, 1.807) is 47.4 Å². The number of fused-ring (bicyclic) bond motifs is 1. The first kappa shape index (κ1) is 21.1. The molecular weight excluding hydrogens is 400 g/mol. The molecular formula is C23H26N2O6. The van der Waals surface area contributed by atoms with Gasteiger partial charge in [0.2, 0.25) is 12.7 Å². The molecule has 164 valence electrons. The lowest BCUT2D eigenvalue weighted by molar-refractivity contribution is -0.155. The molecule has 31 heavy (non-hydrogen) atoms. The number of hydrogen-bond donors (Lipinski definition) is 2. The van der Waals surface area contributed by atoms with Crippen LogP contribution in [0.2, 0.25) is 0 Å². The molecule has 2 heterocycles. The number of aliphatic hydroxyl groups excluding tert-OH is 1. The minimum atomic E-state index is -0.887. The number of benzene rings is 2. The van der Waals surface area contributed by atoms with Crippen molar-refractivity contribution in [3.8, 4) is 11.5 Å². The Bertz CT molecular complexity index is 959. The number of ether oxygens (including phenoxy) is 3. The molecule has 4 rings (SSSR count). The van der Waals surface area contributed by atoms with E-state index in [9.17, 15) is 14.7 Å². The first-order chi connectivity index (χ1) is 14.9. The number of nitrogens with one attached hydrogen (secondary N) is 1. The van der Waals surface area contributed by atoms with Crippen LogP contribution < -0.4 is 14.8 Å². The Morgan fingerprint density at radius 1 is 1.16 bits per heavy atom. The van der Waals surface area contributed by atoms with E-state index in [1.807, 2.05) is 13.8 Å². The highest BCUT2D eigenvalue weighted by atomic mass is 16.7. The van der Waals surface area contributed by atoms with Crippen LogP contribution in [0.4, 0.5) is 5.69 Å². The molecule has 0 aliphatic carbocycles. The molecule has 2 aromatic carbocycles. The second-order valence-electron chi connectivity index (χ2n) is 8.11. The first-order valence-corrected chi connectivity index (χ1v) is 10.3. The number of nitrogens with zero attached hydrogens (tertiary/aromatic N) is 1. The molecule has 2 amide bonds. The van der Waals surface area contributed by atoms with Crippen molar-refractivity contribution in [2.75, 3.05) is 31.9 Å². The third-order valence-electron chi connectivity index (χ3n) is 5.31. The number of morpholine rings is 1. The van der Waals surface area contributed by atoms with E-state index in [4.69, 9.17) is 14.2 Å². The lowest BCUT2D eigenvalue weighted by Crippen LogP contribution is -2.53. The maximum absolute atomic E-state index is 12.5. The number of hydrogen-bond acceptors (Lipinski definition) is 6. The second-order valence-corrected chi connectivity index (χ2v) is 8.11. The zero-order valence-electron chi connectivity index (χ0n) is 17.5. The maximum Gasteiger partial charge on any atom is 0.255 e. The van der Waals surface area contributed by atoms with E-state index in [2.05, 4.69) is 5.32 Å². The van der Waals surface area contributed by atoms with Crippen LogP contribution in [-0.2, 0) is 9.53 Å². The summed E-state index contributed by atoms with van der Waals surface area (Å²) in [4.78, 5) is 26.5. The summed E-state index contributed by atoms with van der Waals surface area (Å²) in [6, 6.07) is 11.5. The normalized spacial score (nSPS) is 18.9. The molecule has 2 aromatic rings. The summed E-state index contributed by atoms with van der Waals surface area (Å²) in [5.41, 5.74) is 1.70. The molecule has 0 saturated carbocycles. The summed E-state index contributed by atoms with van der Waals surface area (Å²) in [6.45, 7) is 5.10. The van der Waals surface area contributed by atoms with Gasteiger partial charge in [-0.15, -0.1) is 0 Å². The number of anilines is 1. The first-order valence-electron chi connectivity index (χ1n) is 10.3. The number of rotatable bonds is 6. The Morgan fingerprint density at radius 3 is 2.65 bits per heavy atom. The van der Waals surface area contributed by atoms with E-state index in [-0.39, 0.29) is 37.7 Å². The summed E-state index contributed by atoms with van der Waals surface area (Å²) < 4.78 is 16.0. The third kappa shape index (κ3) is 4.65. The van der Waals surface area contributed by atoms with Crippen molar-refractivity contribution < 1.29 is 28.9 Å². The topological polar surface area (TPSA) is 97.3 Å². The van der Waals surface area contributed by atoms with Crippen molar-refractivity contribution in [1.82, 2.24) is 4.90 Å². The summed E-state index contributed by atoms with van der Waals surface area (Å²) >= 11 is 0.